The van der Waals surface area contributed by atoms with Crippen LogP contribution < -0.4 is 0 Å². The lowest BCUT2D eigenvalue weighted by atomic mass is 10.1. The molecule has 1 aromatic rings. The predicted octanol–water partition coefficient (Wildman–Crippen LogP) is 1.98. The third-order valence-corrected chi connectivity index (χ3v) is 2.06. The van der Waals surface area contributed by atoms with Crippen molar-refractivity contribution in [2.75, 3.05) is 6.61 Å². The molecule has 1 rings (SSSR count). The van der Waals surface area contributed by atoms with E-state index in [2.05, 4.69) is 0 Å². The van der Waals surface area contributed by atoms with Gasteiger partial charge in [-0.1, -0.05) is 36.8 Å². The van der Waals surface area contributed by atoms with Crippen LogP contribution in [0.3, 0.4) is 0 Å². The molecule has 3 nitrogen and oxygen atoms in total. The number of aryl methyl sites for hydroxylation is 1. The fourth-order valence-corrected chi connectivity index (χ4v) is 1.17. The van der Waals surface area contributed by atoms with Crippen LogP contribution in [0.25, 0.3) is 0 Å². The van der Waals surface area contributed by atoms with E-state index in [9.17, 15) is 9.90 Å². The Labute approximate surface area is 89.7 Å². The van der Waals surface area contributed by atoms with Gasteiger partial charge < -0.3 is 9.84 Å². The zero-order chi connectivity index (χ0) is 11.3. The zero-order valence-electron chi connectivity index (χ0n) is 9.06. The van der Waals surface area contributed by atoms with Gasteiger partial charge in [-0.15, -0.1) is 0 Å². The molecule has 0 aromatic heterocycles. The van der Waals surface area contributed by atoms with E-state index >= 15 is 0 Å². The summed E-state index contributed by atoms with van der Waals surface area (Å²) < 4.78 is 4.85. The van der Waals surface area contributed by atoms with Crippen LogP contribution in [0.1, 0.15) is 30.6 Å². The van der Waals surface area contributed by atoms with Crippen molar-refractivity contribution < 1.29 is 14.6 Å². The van der Waals surface area contributed by atoms with Crippen molar-refractivity contribution in [1.29, 1.82) is 0 Å². The van der Waals surface area contributed by atoms with E-state index in [1.54, 1.807) is 12.1 Å². The van der Waals surface area contributed by atoms with Gasteiger partial charge in [0.1, 0.15) is 0 Å². The van der Waals surface area contributed by atoms with Crippen LogP contribution in [0.2, 0.25) is 0 Å². The predicted molar refractivity (Wildman–Crippen MR) is 57.4 cm³/mol. The molecule has 0 amide bonds. The summed E-state index contributed by atoms with van der Waals surface area (Å²) in [4.78, 5) is 11.3. The number of esters is 1. The number of hydrogen-bond donors (Lipinski definition) is 1. The number of carbonyl (C=O) groups is 1. The Balaban J connectivity index is 2.63. The molecule has 1 N–H and O–H groups in total. The first-order valence-electron chi connectivity index (χ1n) is 5.06. The minimum absolute atomic E-state index is 0.349. The second-order valence-electron chi connectivity index (χ2n) is 3.48. The van der Waals surface area contributed by atoms with Crippen molar-refractivity contribution >= 4 is 5.97 Å². The summed E-state index contributed by atoms with van der Waals surface area (Å²) in [6.45, 7) is 4.21. The van der Waals surface area contributed by atoms with E-state index in [-0.39, 0.29) is 0 Å². The molecule has 3 heteroatoms. The lowest BCUT2D eigenvalue weighted by Crippen LogP contribution is -2.15. The molecule has 1 atom stereocenters. The minimum Gasteiger partial charge on any atom is -0.464 e. The van der Waals surface area contributed by atoms with Gasteiger partial charge in [0, 0.05) is 0 Å². The normalized spacial score (nSPS) is 12.2. The van der Waals surface area contributed by atoms with Gasteiger partial charge in [0.2, 0.25) is 0 Å². The van der Waals surface area contributed by atoms with E-state index in [1.807, 2.05) is 26.0 Å². The van der Waals surface area contributed by atoms with Crippen molar-refractivity contribution in [3.05, 3.63) is 35.4 Å². The molecule has 0 bridgehead atoms. The minimum atomic E-state index is -1.17. The first-order valence-corrected chi connectivity index (χ1v) is 5.06. The maximum atomic E-state index is 11.3. The van der Waals surface area contributed by atoms with Crippen LogP contribution in [0.15, 0.2) is 24.3 Å². The maximum absolute atomic E-state index is 11.3. The number of rotatable bonds is 4. The summed E-state index contributed by atoms with van der Waals surface area (Å²) >= 11 is 0. The molecule has 0 aliphatic heterocycles. The van der Waals surface area contributed by atoms with Crippen LogP contribution in [0.5, 0.6) is 0 Å². The van der Waals surface area contributed by atoms with Crippen molar-refractivity contribution in [3.8, 4) is 0 Å². The number of ether oxygens (including phenoxy) is 1. The highest BCUT2D eigenvalue weighted by atomic mass is 16.5. The molecule has 0 saturated carbocycles. The quantitative estimate of drug-likeness (QED) is 0.769. The molecule has 15 heavy (non-hydrogen) atoms. The molecule has 0 aliphatic carbocycles. The topological polar surface area (TPSA) is 46.5 Å². The molecule has 0 spiro atoms. The largest absolute Gasteiger partial charge is 0.464 e. The van der Waals surface area contributed by atoms with E-state index in [0.29, 0.717) is 12.2 Å². The van der Waals surface area contributed by atoms with Gasteiger partial charge in [0.05, 0.1) is 6.61 Å². The number of aliphatic hydroxyl groups is 1. The Morgan fingerprint density at radius 2 is 2.00 bits per heavy atom. The second-order valence-corrected chi connectivity index (χ2v) is 3.48. The number of aliphatic hydroxyl groups excluding tert-OH is 1. The molecular formula is C12H16O3. The number of hydrogen-bond acceptors (Lipinski definition) is 3. The van der Waals surface area contributed by atoms with Crippen molar-refractivity contribution in [2.24, 2.45) is 0 Å². The van der Waals surface area contributed by atoms with Gasteiger partial charge in [-0.2, -0.15) is 0 Å². The molecule has 0 fully saturated rings. The van der Waals surface area contributed by atoms with E-state index in [4.69, 9.17) is 4.74 Å². The average molecular weight is 208 g/mol. The summed E-state index contributed by atoms with van der Waals surface area (Å²) in [7, 11) is 0. The van der Waals surface area contributed by atoms with Gasteiger partial charge in [0.25, 0.3) is 0 Å². The summed E-state index contributed by atoms with van der Waals surface area (Å²) in [6, 6.07) is 7.16. The maximum Gasteiger partial charge on any atom is 0.339 e. The van der Waals surface area contributed by atoms with Crippen LogP contribution in [-0.4, -0.2) is 17.7 Å². The molecule has 1 aromatic carbocycles. The number of carbonyl (C=O) groups excluding carboxylic acids is 1. The van der Waals surface area contributed by atoms with Crippen molar-refractivity contribution in [3.63, 3.8) is 0 Å². The average Bonchev–Trinajstić information content (AvgIpc) is 2.26. The molecule has 0 heterocycles. The summed E-state index contributed by atoms with van der Waals surface area (Å²) in [6.07, 6.45) is -0.413. The third-order valence-electron chi connectivity index (χ3n) is 2.06. The second kappa shape index (κ2) is 5.51. The number of benzene rings is 1. The first kappa shape index (κ1) is 11.7. The fraction of sp³-hybridized carbons (Fsp3) is 0.417. The van der Waals surface area contributed by atoms with E-state index in [0.717, 1.165) is 12.0 Å². The lowest BCUT2D eigenvalue weighted by Gasteiger charge is -2.10. The zero-order valence-corrected chi connectivity index (χ0v) is 9.06. The fourth-order valence-electron chi connectivity index (χ4n) is 1.17. The third kappa shape index (κ3) is 3.36. The van der Waals surface area contributed by atoms with Crippen LogP contribution in [0, 0.1) is 6.92 Å². The Bertz CT molecular complexity index is 316. The Kier molecular flexibility index (Phi) is 4.31. The van der Waals surface area contributed by atoms with Crippen molar-refractivity contribution in [2.45, 2.75) is 26.4 Å². The van der Waals surface area contributed by atoms with Gasteiger partial charge in [-0.25, -0.2) is 4.79 Å². The summed E-state index contributed by atoms with van der Waals surface area (Å²) in [5.74, 6) is -0.583. The molecular weight excluding hydrogens is 192 g/mol. The summed E-state index contributed by atoms with van der Waals surface area (Å²) in [5.41, 5.74) is 1.66. The highest BCUT2D eigenvalue weighted by molar-refractivity contribution is 5.76. The summed E-state index contributed by atoms with van der Waals surface area (Å²) in [5, 5.41) is 9.63. The van der Waals surface area contributed by atoms with E-state index < -0.39 is 12.1 Å². The standard InChI is InChI=1S/C12H16O3/c1-3-8-15-12(14)11(13)10-6-4-9(2)5-7-10/h4-7,11,13H,3,8H2,1-2H3/t11-/m0/s1. The Morgan fingerprint density at radius 1 is 1.40 bits per heavy atom. The van der Waals surface area contributed by atoms with Gasteiger partial charge in [0.15, 0.2) is 6.10 Å². The van der Waals surface area contributed by atoms with Crippen LogP contribution in [0.4, 0.5) is 0 Å². The monoisotopic (exact) mass is 208 g/mol. The first-order chi connectivity index (χ1) is 7.15. The SMILES string of the molecule is CCCOC(=O)[C@@H](O)c1ccc(C)cc1. The Hall–Kier alpha value is -1.35. The van der Waals surface area contributed by atoms with Gasteiger partial charge >= 0.3 is 5.97 Å². The van der Waals surface area contributed by atoms with E-state index in [1.165, 1.54) is 0 Å². The van der Waals surface area contributed by atoms with Gasteiger partial charge in [-0.3, -0.25) is 0 Å². The van der Waals surface area contributed by atoms with Crippen LogP contribution >= 0.6 is 0 Å². The molecule has 0 radical (unpaired) electrons. The van der Waals surface area contributed by atoms with Crippen molar-refractivity contribution in [1.82, 2.24) is 0 Å². The van der Waals surface area contributed by atoms with Gasteiger partial charge in [-0.05, 0) is 18.9 Å². The Morgan fingerprint density at radius 3 is 2.53 bits per heavy atom. The lowest BCUT2D eigenvalue weighted by molar-refractivity contribution is -0.153. The highest BCUT2D eigenvalue weighted by Crippen LogP contribution is 2.15. The smallest absolute Gasteiger partial charge is 0.339 e. The van der Waals surface area contributed by atoms with Crippen LogP contribution in [-0.2, 0) is 9.53 Å². The highest BCUT2D eigenvalue weighted by Gasteiger charge is 2.18. The molecule has 0 aliphatic rings. The molecule has 0 saturated heterocycles. The molecule has 0 unspecified atom stereocenters. The molecule has 82 valence electrons.